The Hall–Kier alpha value is -2.82. The van der Waals surface area contributed by atoms with Gasteiger partial charge in [0.2, 0.25) is 0 Å². The Kier molecular flexibility index (Phi) is 5.95. The summed E-state index contributed by atoms with van der Waals surface area (Å²) in [5, 5.41) is 0. The van der Waals surface area contributed by atoms with E-state index in [4.69, 9.17) is 4.74 Å². The molecule has 126 valence electrons. The van der Waals surface area contributed by atoms with E-state index < -0.39 is 0 Å². The lowest BCUT2D eigenvalue weighted by atomic mass is 10.2. The number of hydrogen-bond acceptors (Lipinski definition) is 4. The molecule has 2 rings (SSSR count). The molecule has 0 fully saturated rings. The third-order valence-corrected chi connectivity index (χ3v) is 3.53. The van der Waals surface area contributed by atoms with E-state index in [0.717, 1.165) is 17.1 Å². The SMILES string of the molecule is CCOC(=O)c1ccc(N=CN(C)c2ccc(N(C)C)cc2)cc1. The van der Waals surface area contributed by atoms with Gasteiger partial charge in [0.25, 0.3) is 0 Å². The third kappa shape index (κ3) is 4.59. The summed E-state index contributed by atoms with van der Waals surface area (Å²) in [5.41, 5.74) is 3.51. The third-order valence-electron chi connectivity index (χ3n) is 3.53. The van der Waals surface area contributed by atoms with Crippen LogP contribution in [0.25, 0.3) is 0 Å². The number of anilines is 2. The molecule has 2 aromatic carbocycles. The molecule has 0 aromatic heterocycles. The molecule has 0 N–H and O–H groups in total. The van der Waals surface area contributed by atoms with Crippen molar-refractivity contribution in [2.75, 3.05) is 37.5 Å². The lowest BCUT2D eigenvalue weighted by Crippen LogP contribution is -2.14. The molecule has 0 aliphatic carbocycles. The Morgan fingerprint density at radius 3 is 2.12 bits per heavy atom. The van der Waals surface area contributed by atoms with Crippen molar-refractivity contribution in [3.05, 3.63) is 54.1 Å². The van der Waals surface area contributed by atoms with Crippen LogP contribution in [0.2, 0.25) is 0 Å². The summed E-state index contributed by atoms with van der Waals surface area (Å²) < 4.78 is 4.96. The number of hydrogen-bond donors (Lipinski definition) is 0. The van der Waals surface area contributed by atoms with Gasteiger partial charge >= 0.3 is 5.97 Å². The second-order valence-corrected chi connectivity index (χ2v) is 5.53. The number of aliphatic imine (C=N–C) groups is 1. The minimum atomic E-state index is -0.314. The van der Waals surface area contributed by atoms with Gasteiger partial charge in [0.05, 0.1) is 24.2 Å². The fraction of sp³-hybridized carbons (Fsp3) is 0.263. The zero-order valence-electron chi connectivity index (χ0n) is 14.6. The molecule has 0 aliphatic heterocycles. The average Bonchev–Trinajstić information content (AvgIpc) is 2.60. The molecule has 5 heteroatoms. The van der Waals surface area contributed by atoms with Gasteiger partial charge in [0.1, 0.15) is 0 Å². The molecule has 2 aromatic rings. The Labute approximate surface area is 143 Å². The molecular weight excluding hydrogens is 302 g/mol. The summed E-state index contributed by atoms with van der Waals surface area (Å²) in [6, 6.07) is 15.3. The van der Waals surface area contributed by atoms with E-state index >= 15 is 0 Å². The molecule has 0 unspecified atom stereocenters. The highest BCUT2D eigenvalue weighted by molar-refractivity contribution is 5.90. The number of carbonyl (C=O) groups excluding carboxylic acids is 1. The number of benzene rings is 2. The van der Waals surface area contributed by atoms with Crippen LogP contribution in [0.5, 0.6) is 0 Å². The van der Waals surface area contributed by atoms with Crippen molar-refractivity contribution >= 4 is 29.4 Å². The van der Waals surface area contributed by atoms with Gasteiger partial charge < -0.3 is 14.5 Å². The van der Waals surface area contributed by atoms with Crippen molar-refractivity contribution in [3.8, 4) is 0 Å². The summed E-state index contributed by atoms with van der Waals surface area (Å²) in [7, 11) is 5.97. The molecule has 0 atom stereocenters. The Morgan fingerprint density at radius 2 is 1.58 bits per heavy atom. The van der Waals surface area contributed by atoms with Gasteiger partial charge in [-0.2, -0.15) is 0 Å². The second kappa shape index (κ2) is 8.15. The van der Waals surface area contributed by atoms with E-state index in [0.29, 0.717) is 12.2 Å². The molecule has 0 saturated heterocycles. The number of nitrogens with zero attached hydrogens (tertiary/aromatic N) is 3. The highest BCUT2D eigenvalue weighted by Crippen LogP contribution is 2.19. The Morgan fingerprint density at radius 1 is 1.00 bits per heavy atom. The van der Waals surface area contributed by atoms with Crippen molar-refractivity contribution < 1.29 is 9.53 Å². The van der Waals surface area contributed by atoms with Gasteiger partial charge in [-0.3, -0.25) is 0 Å². The monoisotopic (exact) mass is 325 g/mol. The van der Waals surface area contributed by atoms with Gasteiger partial charge in [0, 0.05) is 32.5 Å². The van der Waals surface area contributed by atoms with Crippen molar-refractivity contribution in [2.45, 2.75) is 6.92 Å². The number of ether oxygens (including phenoxy) is 1. The van der Waals surface area contributed by atoms with Gasteiger partial charge in [-0.05, 0) is 55.5 Å². The maximum atomic E-state index is 11.6. The van der Waals surface area contributed by atoms with E-state index in [1.54, 1.807) is 37.5 Å². The van der Waals surface area contributed by atoms with Crippen LogP contribution in [-0.4, -0.2) is 40.1 Å². The topological polar surface area (TPSA) is 45.1 Å². The van der Waals surface area contributed by atoms with E-state index in [1.165, 1.54) is 0 Å². The van der Waals surface area contributed by atoms with E-state index in [1.807, 2.05) is 38.2 Å². The lowest BCUT2D eigenvalue weighted by molar-refractivity contribution is 0.0526. The lowest BCUT2D eigenvalue weighted by Gasteiger charge is -2.16. The fourth-order valence-electron chi connectivity index (χ4n) is 2.10. The zero-order valence-corrected chi connectivity index (χ0v) is 14.6. The number of carbonyl (C=O) groups is 1. The molecule has 24 heavy (non-hydrogen) atoms. The fourth-order valence-corrected chi connectivity index (χ4v) is 2.10. The summed E-state index contributed by atoms with van der Waals surface area (Å²) >= 11 is 0. The van der Waals surface area contributed by atoms with Crippen LogP contribution in [0.15, 0.2) is 53.5 Å². The van der Waals surface area contributed by atoms with Crippen LogP contribution < -0.4 is 9.80 Å². The highest BCUT2D eigenvalue weighted by Gasteiger charge is 2.05. The first-order valence-corrected chi connectivity index (χ1v) is 7.83. The maximum Gasteiger partial charge on any atom is 0.338 e. The number of esters is 1. The zero-order chi connectivity index (χ0) is 17.5. The smallest absolute Gasteiger partial charge is 0.338 e. The van der Waals surface area contributed by atoms with Crippen molar-refractivity contribution in [3.63, 3.8) is 0 Å². The molecule has 0 heterocycles. The Balaban J connectivity index is 2.02. The second-order valence-electron chi connectivity index (χ2n) is 5.53. The first-order chi connectivity index (χ1) is 11.5. The van der Waals surface area contributed by atoms with Crippen molar-refractivity contribution in [1.29, 1.82) is 0 Å². The standard InChI is InChI=1S/C19H23N3O2/c1-5-24-19(23)15-6-8-16(9-7-15)20-14-22(4)18-12-10-17(11-13-18)21(2)3/h6-14H,5H2,1-4H3. The van der Waals surface area contributed by atoms with Crippen LogP contribution in [-0.2, 0) is 4.74 Å². The molecule has 0 radical (unpaired) electrons. The van der Waals surface area contributed by atoms with Crippen LogP contribution in [0.3, 0.4) is 0 Å². The van der Waals surface area contributed by atoms with Gasteiger partial charge in [-0.15, -0.1) is 0 Å². The quantitative estimate of drug-likeness (QED) is 0.461. The first kappa shape index (κ1) is 17.5. The summed E-state index contributed by atoms with van der Waals surface area (Å²) in [5.74, 6) is -0.314. The normalized spacial score (nSPS) is 10.7. The van der Waals surface area contributed by atoms with Gasteiger partial charge in [0.15, 0.2) is 0 Å². The van der Waals surface area contributed by atoms with E-state index in [-0.39, 0.29) is 5.97 Å². The predicted octanol–water partition coefficient (Wildman–Crippen LogP) is 3.73. The van der Waals surface area contributed by atoms with Gasteiger partial charge in [-0.1, -0.05) is 0 Å². The minimum Gasteiger partial charge on any atom is -0.462 e. The van der Waals surface area contributed by atoms with Crippen LogP contribution in [0.1, 0.15) is 17.3 Å². The van der Waals surface area contributed by atoms with Crippen molar-refractivity contribution in [1.82, 2.24) is 0 Å². The molecule has 0 aliphatic rings. The molecule has 0 bridgehead atoms. The Bertz CT molecular complexity index is 692. The molecule has 5 nitrogen and oxygen atoms in total. The first-order valence-electron chi connectivity index (χ1n) is 7.83. The van der Waals surface area contributed by atoms with Crippen LogP contribution >= 0.6 is 0 Å². The molecular formula is C19H23N3O2. The predicted molar refractivity (Wildman–Crippen MR) is 99.7 cm³/mol. The van der Waals surface area contributed by atoms with Crippen molar-refractivity contribution in [2.24, 2.45) is 4.99 Å². The maximum absolute atomic E-state index is 11.6. The van der Waals surface area contributed by atoms with Crippen LogP contribution in [0.4, 0.5) is 17.1 Å². The van der Waals surface area contributed by atoms with Gasteiger partial charge in [-0.25, -0.2) is 9.79 Å². The summed E-state index contributed by atoms with van der Waals surface area (Å²) in [4.78, 5) is 20.0. The number of rotatable bonds is 6. The highest BCUT2D eigenvalue weighted by atomic mass is 16.5. The summed E-state index contributed by atoms with van der Waals surface area (Å²) in [6.45, 7) is 2.16. The summed E-state index contributed by atoms with van der Waals surface area (Å²) in [6.07, 6.45) is 1.75. The average molecular weight is 325 g/mol. The molecule has 0 spiro atoms. The minimum absolute atomic E-state index is 0.314. The van der Waals surface area contributed by atoms with Crippen LogP contribution in [0, 0.1) is 0 Å². The largest absolute Gasteiger partial charge is 0.462 e. The van der Waals surface area contributed by atoms with E-state index in [9.17, 15) is 4.79 Å². The molecule has 0 saturated carbocycles. The molecule has 0 amide bonds. The van der Waals surface area contributed by atoms with E-state index in [2.05, 4.69) is 22.0 Å².